The van der Waals surface area contributed by atoms with E-state index < -0.39 is 0 Å². The van der Waals surface area contributed by atoms with Gasteiger partial charge in [-0.15, -0.1) is 0 Å². The number of nitrogens with one attached hydrogen (secondary N) is 1. The molecule has 0 atom stereocenters. The fourth-order valence-corrected chi connectivity index (χ4v) is 2.38. The fourth-order valence-electron chi connectivity index (χ4n) is 2.38. The van der Waals surface area contributed by atoms with E-state index in [0.717, 1.165) is 44.8 Å². The summed E-state index contributed by atoms with van der Waals surface area (Å²) in [5, 5.41) is 3.40. The van der Waals surface area contributed by atoms with Crippen molar-refractivity contribution in [3.63, 3.8) is 0 Å². The molecule has 1 saturated carbocycles. The molecule has 1 fully saturated rings. The number of aliphatic imine (C=N–C) groups is 1. The summed E-state index contributed by atoms with van der Waals surface area (Å²) in [5.74, 6) is 1.71. The van der Waals surface area contributed by atoms with Crippen LogP contribution in [0.4, 0.5) is 0 Å². The Morgan fingerprint density at radius 2 is 1.92 bits per heavy atom. The number of hydrogen-bond donors (Lipinski definition) is 1. The Morgan fingerprint density at radius 3 is 2.54 bits per heavy atom. The van der Waals surface area contributed by atoms with Gasteiger partial charge in [0.15, 0.2) is 5.96 Å². The minimum absolute atomic E-state index is 0.676. The third-order valence-electron chi connectivity index (χ3n) is 4.14. The van der Waals surface area contributed by atoms with E-state index in [4.69, 9.17) is 9.47 Å². The lowest BCUT2D eigenvalue weighted by molar-refractivity contribution is 0.115. The van der Waals surface area contributed by atoms with Crippen LogP contribution in [0.5, 0.6) is 0 Å². The van der Waals surface area contributed by atoms with Crippen molar-refractivity contribution >= 4 is 5.96 Å². The Bertz CT molecular complexity index is 498. The maximum Gasteiger partial charge on any atom is 0.193 e. The highest BCUT2D eigenvalue weighted by Gasteiger charge is 2.21. The molecule has 1 aliphatic rings. The highest BCUT2D eigenvalue weighted by Crippen LogP contribution is 2.28. The molecule has 24 heavy (non-hydrogen) atoms. The average molecular weight is 333 g/mol. The van der Waals surface area contributed by atoms with Crippen LogP contribution in [0.2, 0.25) is 0 Å². The normalized spacial score (nSPS) is 14.7. The van der Waals surface area contributed by atoms with Gasteiger partial charge in [-0.05, 0) is 36.8 Å². The summed E-state index contributed by atoms with van der Waals surface area (Å²) in [6, 6.07) is 8.50. The zero-order chi connectivity index (χ0) is 17.2. The molecule has 0 spiro atoms. The molecule has 0 bridgehead atoms. The van der Waals surface area contributed by atoms with Crippen molar-refractivity contribution in [3.05, 3.63) is 35.4 Å². The second kappa shape index (κ2) is 10.3. The summed E-state index contributed by atoms with van der Waals surface area (Å²) in [5.41, 5.74) is 2.43. The Kier molecular flexibility index (Phi) is 8.05. The van der Waals surface area contributed by atoms with Gasteiger partial charge in [0.05, 0.1) is 13.2 Å². The van der Waals surface area contributed by atoms with Crippen molar-refractivity contribution in [2.45, 2.75) is 32.9 Å². The number of hydrogen-bond acceptors (Lipinski definition) is 3. The highest BCUT2D eigenvalue weighted by molar-refractivity contribution is 5.79. The van der Waals surface area contributed by atoms with Gasteiger partial charge in [0, 0.05) is 40.4 Å². The molecule has 0 saturated heterocycles. The Labute approximate surface area is 146 Å². The first kappa shape index (κ1) is 18.7. The van der Waals surface area contributed by atoms with Crippen molar-refractivity contribution in [2.24, 2.45) is 10.9 Å². The van der Waals surface area contributed by atoms with Crippen molar-refractivity contribution in [2.75, 3.05) is 40.5 Å². The minimum Gasteiger partial charge on any atom is -0.379 e. The molecule has 1 aromatic rings. The monoisotopic (exact) mass is 333 g/mol. The number of guanidine groups is 1. The first-order valence-electron chi connectivity index (χ1n) is 8.88. The second-order valence-corrected chi connectivity index (χ2v) is 6.29. The quantitative estimate of drug-likeness (QED) is 0.406. The molecule has 5 nitrogen and oxygen atoms in total. The highest BCUT2D eigenvalue weighted by atomic mass is 16.5. The van der Waals surface area contributed by atoms with E-state index in [9.17, 15) is 0 Å². The van der Waals surface area contributed by atoms with Crippen molar-refractivity contribution < 1.29 is 9.47 Å². The van der Waals surface area contributed by atoms with Crippen LogP contribution in [0, 0.1) is 5.92 Å². The molecule has 0 heterocycles. The zero-order valence-electron chi connectivity index (χ0n) is 15.3. The molecule has 134 valence electrons. The summed E-state index contributed by atoms with van der Waals surface area (Å²) in [4.78, 5) is 6.45. The molecule has 0 amide bonds. The van der Waals surface area contributed by atoms with E-state index in [1.807, 2.05) is 21.0 Å². The summed E-state index contributed by atoms with van der Waals surface area (Å²) in [7, 11) is 3.86. The Morgan fingerprint density at radius 1 is 1.21 bits per heavy atom. The van der Waals surface area contributed by atoms with E-state index in [2.05, 4.69) is 39.5 Å². The van der Waals surface area contributed by atoms with Gasteiger partial charge in [-0.3, -0.25) is 4.99 Å². The van der Waals surface area contributed by atoms with Gasteiger partial charge in [0.1, 0.15) is 0 Å². The summed E-state index contributed by atoms with van der Waals surface area (Å²) >= 11 is 0. The number of rotatable bonds is 10. The lowest BCUT2D eigenvalue weighted by atomic mass is 10.1. The zero-order valence-corrected chi connectivity index (χ0v) is 15.3. The number of ether oxygens (including phenoxy) is 2. The molecule has 1 aliphatic carbocycles. The van der Waals surface area contributed by atoms with Crippen molar-refractivity contribution in [1.29, 1.82) is 0 Å². The number of likely N-dealkylation sites (N-methyl/N-ethyl adjacent to an activating group) is 1. The Hall–Kier alpha value is -1.59. The fraction of sp³-hybridized carbons (Fsp3) is 0.632. The molecular formula is C19H31N3O2. The molecule has 0 aromatic heterocycles. The van der Waals surface area contributed by atoms with E-state index in [-0.39, 0.29) is 0 Å². The lowest BCUT2D eigenvalue weighted by Gasteiger charge is -2.22. The van der Waals surface area contributed by atoms with Crippen LogP contribution >= 0.6 is 0 Å². The van der Waals surface area contributed by atoms with E-state index >= 15 is 0 Å². The first-order chi connectivity index (χ1) is 11.7. The van der Waals surface area contributed by atoms with Crippen LogP contribution in [0.3, 0.4) is 0 Å². The summed E-state index contributed by atoms with van der Waals surface area (Å²) in [6.07, 6.45) is 2.67. The van der Waals surface area contributed by atoms with Crippen LogP contribution in [-0.2, 0) is 22.6 Å². The molecule has 1 N–H and O–H groups in total. The first-order valence-corrected chi connectivity index (χ1v) is 8.88. The molecule has 2 rings (SSSR count). The number of benzene rings is 1. The maximum atomic E-state index is 5.69. The maximum absolute atomic E-state index is 5.69. The molecule has 0 radical (unpaired) electrons. The molecule has 0 unspecified atom stereocenters. The van der Waals surface area contributed by atoms with Gasteiger partial charge in [0.25, 0.3) is 0 Å². The Balaban J connectivity index is 1.69. The standard InChI is InChI=1S/C19H31N3O2/c1-4-23-14-17-7-5-16(6-8-17)13-21-19(20-2)22(3)11-12-24-15-18-9-10-18/h5-8,18H,4,9-15H2,1-3H3,(H,20,21). The third kappa shape index (κ3) is 6.89. The van der Waals surface area contributed by atoms with Gasteiger partial charge in [-0.2, -0.15) is 0 Å². The van der Waals surface area contributed by atoms with Crippen LogP contribution in [0.15, 0.2) is 29.3 Å². The predicted octanol–water partition coefficient (Wildman–Crippen LogP) is 2.66. The summed E-state index contributed by atoms with van der Waals surface area (Å²) < 4.78 is 11.1. The smallest absolute Gasteiger partial charge is 0.193 e. The van der Waals surface area contributed by atoms with E-state index in [1.165, 1.54) is 24.0 Å². The minimum atomic E-state index is 0.676. The summed E-state index contributed by atoms with van der Waals surface area (Å²) in [6.45, 7) is 6.70. The molecule has 0 aliphatic heterocycles. The lowest BCUT2D eigenvalue weighted by Crippen LogP contribution is -2.40. The topological polar surface area (TPSA) is 46.1 Å². The second-order valence-electron chi connectivity index (χ2n) is 6.29. The third-order valence-corrected chi connectivity index (χ3v) is 4.14. The number of nitrogens with zero attached hydrogens (tertiary/aromatic N) is 2. The van der Waals surface area contributed by atoms with Crippen LogP contribution < -0.4 is 5.32 Å². The van der Waals surface area contributed by atoms with Crippen molar-refractivity contribution in [1.82, 2.24) is 10.2 Å². The predicted molar refractivity (Wildman–Crippen MR) is 98.1 cm³/mol. The largest absolute Gasteiger partial charge is 0.379 e. The van der Waals surface area contributed by atoms with Gasteiger partial charge in [0.2, 0.25) is 0 Å². The molecule has 1 aromatic carbocycles. The van der Waals surface area contributed by atoms with Crippen LogP contribution in [0.1, 0.15) is 30.9 Å². The molecule has 5 heteroatoms. The van der Waals surface area contributed by atoms with E-state index in [0.29, 0.717) is 6.61 Å². The van der Waals surface area contributed by atoms with Gasteiger partial charge in [-0.1, -0.05) is 24.3 Å². The molecular weight excluding hydrogens is 302 g/mol. The average Bonchev–Trinajstić information content (AvgIpc) is 3.43. The van der Waals surface area contributed by atoms with Crippen LogP contribution in [0.25, 0.3) is 0 Å². The van der Waals surface area contributed by atoms with Gasteiger partial charge < -0.3 is 19.7 Å². The van der Waals surface area contributed by atoms with Crippen molar-refractivity contribution in [3.8, 4) is 0 Å². The SMILES string of the molecule is CCOCc1ccc(CNC(=NC)N(C)CCOCC2CC2)cc1. The van der Waals surface area contributed by atoms with Gasteiger partial charge >= 0.3 is 0 Å². The van der Waals surface area contributed by atoms with Crippen LogP contribution in [-0.4, -0.2) is 51.3 Å². The van der Waals surface area contributed by atoms with Gasteiger partial charge in [-0.25, -0.2) is 0 Å². The van der Waals surface area contributed by atoms with E-state index in [1.54, 1.807) is 0 Å².